The molecule has 0 saturated carbocycles. The minimum Gasteiger partial charge on any atom is -1.00 e. The molecule has 0 spiro atoms. The average Bonchev–Trinajstić information content (AvgIpc) is 2.66. The van der Waals surface area contributed by atoms with Crippen molar-refractivity contribution in [3.8, 4) is 16.9 Å². The van der Waals surface area contributed by atoms with E-state index in [0.717, 1.165) is 38.6 Å². The van der Waals surface area contributed by atoms with Crippen LogP contribution >= 0.6 is 0 Å². The van der Waals surface area contributed by atoms with Gasteiger partial charge in [0.05, 0.1) is 17.9 Å². The van der Waals surface area contributed by atoms with Gasteiger partial charge in [0, 0.05) is 17.0 Å². The fourth-order valence-electron chi connectivity index (χ4n) is 3.96. The molecule has 0 amide bonds. The van der Waals surface area contributed by atoms with Crippen LogP contribution in [0.2, 0.25) is 0 Å². The molecule has 150 valence electrons. The Morgan fingerprint density at radius 2 is 1.69 bits per heavy atom. The van der Waals surface area contributed by atoms with Gasteiger partial charge in [-0.2, -0.15) is 4.57 Å². The van der Waals surface area contributed by atoms with Gasteiger partial charge < -0.3 is 26.8 Å². The van der Waals surface area contributed by atoms with Crippen molar-refractivity contribution in [3.05, 3.63) is 71.7 Å². The fraction of sp³-hybridized carbons (Fsp3) is 0.208. The minimum absolute atomic E-state index is 0. The van der Waals surface area contributed by atoms with E-state index in [9.17, 15) is 9.50 Å². The standard InChI is InChI=1S/C24H23FNO2.BrH/c1-15-8-16(2)10-17(9-15)21-13-20-18(11-24(21)28-3)14-26(6-7-27)23-5-4-19(25)12-22(20)23;/h4-5,8-14,27H,6-7H2,1-3H3;1H/q+1;/p-1. The summed E-state index contributed by atoms with van der Waals surface area (Å²) in [4.78, 5) is 0. The number of aryl methyl sites for hydroxylation is 2. The van der Waals surface area contributed by atoms with Crippen LogP contribution in [-0.4, -0.2) is 18.8 Å². The van der Waals surface area contributed by atoms with E-state index < -0.39 is 0 Å². The lowest BCUT2D eigenvalue weighted by Crippen LogP contribution is -3.00. The number of halogens is 2. The summed E-state index contributed by atoms with van der Waals surface area (Å²) < 4.78 is 21.7. The molecule has 3 nitrogen and oxygen atoms in total. The fourth-order valence-corrected chi connectivity index (χ4v) is 3.96. The van der Waals surface area contributed by atoms with Crippen LogP contribution in [0.25, 0.3) is 32.8 Å². The number of aliphatic hydroxyl groups excluding tert-OH is 1. The number of hydrogen-bond donors (Lipinski definition) is 1. The first kappa shape index (κ1) is 21.2. The second kappa shape index (κ2) is 8.47. The number of methoxy groups -OCH3 is 1. The Bertz CT molecular complexity index is 1190. The smallest absolute Gasteiger partial charge is 0.213 e. The molecular formula is C24H23BrFNO2. The first-order valence-electron chi connectivity index (χ1n) is 9.33. The van der Waals surface area contributed by atoms with E-state index in [4.69, 9.17) is 4.74 Å². The third kappa shape index (κ3) is 3.98. The monoisotopic (exact) mass is 455 g/mol. The molecule has 4 aromatic rings. The van der Waals surface area contributed by atoms with E-state index in [2.05, 4.69) is 38.1 Å². The Morgan fingerprint density at radius 3 is 2.34 bits per heavy atom. The van der Waals surface area contributed by atoms with Crippen molar-refractivity contribution in [2.45, 2.75) is 20.4 Å². The summed E-state index contributed by atoms with van der Waals surface area (Å²) in [5.74, 6) is 0.489. The molecule has 5 heteroatoms. The number of hydrogen-bond acceptors (Lipinski definition) is 2. The van der Waals surface area contributed by atoms with Crippen molar-refractivity contribution in [3.63, 3.8) is 0 Å². The van der Waals surface area contributed by atoms with E-state index in [1.807, 2.05) is 16.8 Å². The molecule has 0 aliphatic carbocycles. The van der Waals surface area contributed by atoms with Crippen LogP contribution in [0, 0.1) is 19.7 Å². The Kier molecular flexibility index (Phi) is 6.20. The Balaban J connectivity index is 0.00000240. The maximum atomic E-state index is 14.1. The van der Waals surface area contributed by atoms with Gasteiger partial charge >= 0.3 is 0 Å². The molecule has 1 heterocycles. The SMILES string of the molecule is COc1cc2c[n+](CCO)c3ccc(F)cc3c2cc1-c1cc(C)cc(C)c1.[Br-]. The van der Waals surface area contributed by atoms with Gasteiger partial charge in [0.1, 0.15) is 18.2 Å². The summed E-state index contributed by atoms with van der Waals surface area (Å²) in [6.45, 7) is 4.61. The predicted molar refractivity (Wildman–Crippen MR) is 110 cm³/mol. The summed E-state index contributed by atoms with van der Waals surface area (Å²) in [5, 5.41) is 12.1. The van der Waals surface area contributed by atoms with Crippen LogP contribution in [0.5, 0.6) is 5.75 Å². The molecular weight excluding hydrogens is 433 g/mol. The lowest BCUT2D eigenvalue weighted by molar-refractivity contribution is -0.671. The molecule has 0 fully saturated rings. The molecule has 0 aliphatic heterocycles. The van der Waals surface area contributed by atoms with Crippen LogP contribution in [0.4, 0.5) is 4.39 Å². The second-order valence-corrected chi connectivity index (χ2v) is 7.22. The lowest BCUT2D eigenvalue weighted by Gasteiger charge is -2.13. The summed E-state index contributed by atoms with van der Waals surface area (Å²) in [5.41, 5.74) is 5.31. The highest BCUT2D eigenvalue weighted by Crippen LogP contribution is 2.37. The summed E-state index contributed by atoms with van der Waals surface area (Å²) in [7, 11) is 1.66. The maximum absolute atomic E-state index is 14.1. The van der Waals surface area contributed by atoms with Crippen LogP contribution in [-0.2, 0) is 6.54 Å². The average molecular weight is 456 g/mol. The molecule has 0 unspecified atom stereocenters. The minimum atomic E-state index is -0.278. The van der Waals surface area contributed by atoms with E-state index in [-0.39, 0.29) is 29.4 Å². The zero-order valence-corrected chi connectivity index (χ0v) is 18.3. The molecule has 0 atom stereocenters. The number of rotatable bonds is 4. The number of aromatic nitrogens is 1. The van der Waals surface area contributed by atoms with E-state index in [1.54, 1.807) is 19.2 Å². The molecule has 0 saturated heterocycles. The maximum Gasteiger partial charge on any atom is 0.213 e. The van der Waals surface area contributed by atoms with Gasteiger partial charge in [0.2, 0.25) is 5.52 Å². The number of pyridine rings is 1. The lowest BCUT2D eigenvalue weighted by atomic mass is 9.96. The van der Waals surface area contributed by atoms with Gasteiger partial charge in [-0.05, 0) is 43.7 Å². The van der Waals surface area contributed by atoms with Gasteiger partial charge in [-0.15, -0.1) is 0 Å². The zero-order chi connectivity index (χ0) is 19.8. The van der Waals surface area contributed by atoms with Gasteiger partial charge in [-0.3, -0.25) is 0 Å². The normalized spacial score (nSPS) is 10.9. The molecule has 0 bridgehead atoms. The van der Waals surface area contributed by atoms with Crippen LogP contribution in [0.3, 0.4) is 0 Å². The molecule has 1 aromatic heterocycles. The molecule has 4 rings (SSSR count). The number of nitrogens with zero attached hydrogens (tertiary/aromatic N) is 1. The number of benzene rings is 3. The Morgan fingerprint density at radius 1 is 0.966 bits per heavy atom. The van der Waals surface area contributed by atoms with E-state index in [0.29, 0.717) is 6.54 Å². The van der Waals surface area contributed by atoms with Crippen molar-refractivity contribution < 1.29 is 35.8 Å². The first-order valence-corrected chi connectivity index (χ1v) is 9.33. The van der Waals surface area contributed by atoms with Gasteiger partial charge in [-0.1, -0.05) is 29.3 Å². The van der Waals surface area contributed by atoms with Gasteiger partial charge in [-0.25, -0.2) is 4.39 Å². The number of aliphatic hydroxyl groups is 1. The quantitative estimate of drug-likeness (QED) is 0.375. The van der Waals surface area contributed by atoms with Crippen molar-refractivity contribution in [2.75, 3.05) is 13.7 Å². The number of fused-ring (bicyclic) bond motifs is 3. The largest absolute Gasteiger partial charge is 1.00 e. The topological polar surface area (TPSA) is 33.3 Å². The summed E-state index contributed by atoms with van der Waals surface area (Å²) >= 11 is 0. The van der Waals surface area contributed by atoms with E-state index >= 15 is 0 Å². The second-order valence-electron chi connectivity index (χ2n) is 7.22. The van der Waals surface area contributed by atoms with Crippen LogP contribution in [0.15, 0.2) is 54.7 Å². The highest BCUT2D eigenvalue weighted by molar-refractivity contribution is 6.06. The van der Waals surface area contributed by atoms with Crippen LogP contribution in [0.1, 0.15) is 11.1 Å². The predicted octanol–water partition coefficient (Wildman–Crippen LogP) is 1.71. The van der Waals surface area contributed by atoms with Gasteiger partial charge in [0.15, 0.2) is 12.7 Å². The molecule has 1 N–H and O–H groups in total. The van der Waals surface area contributed by atoms with Crippen molar-refractivity contribution in [1.82, 2.24) is 0 Å². The molecule has 3 aromatic carbocycles. The van der Waals surface area contributed by atoms with Crippen molar-refractivity contribution >= 4 is 21.7 Å². The highest BCUT2D eigenvalue weighted by atomic mass is 79.9. The molecule has 29 heavy (non-hydrogen) atoms. The van der Waals surface area contributed by atoms with Crippen molar-refractivity contribution in [2.24, 2.45) is 0 Å². The van der Waals surface area contributed by atoms with Gasteiger partial charge in [0.25, 0.3) is 0 Å². The third-order valence-corrected chi connectivity index (χ3v) is 5.10. The van der Waals surface area contributed by atoms with E-state index in [1.165, 1.54) is 17.2 Å². The number of ether oxygens (including phenoxy) is 1. The van der Waals surface area contributed by atoms with Crippen LogP contribution < -0.4 is 26.3 Å². The molecule has 0 radical (unpaired) electrons. The third-order valence-electron chi connectivity index (χ3n) is 5.10. The first-order chi connectivity index (χ1) is 13.5. The Hall–Kier alpha value is -2.50. The highest BCUT2D eigenvalue weighted by Gasteiger charge is 2.17. The summed E-state index contributed by atoms with van der Waals surface area (Å²) in [6.07, 6.45) is 1.99. The zero-order valence-electron chi connectivity index (χ0n) is 16.7. The molecule has 0 aliphatic rings. The summed E-state index contributed by atoms with van der Waals surface area (Å²) in [6, 6.07) is 15.2. The Labute approximate surface area is 180 Å². The van der Waals surface area contributed by atoms with Crippen molar-refractivity contribution in [1.29, 1.82) is 0 Å².